The molecule has 0 aromatic heterocycles. The summed E-state index contributed by atoms with van der Waals surface area (Å²) in [5, 5.41) is 4.53. The molecule has 0 spiro atoms. The Kier molecular flexibility index (Phi) is 6.49. The first-order valence-corrected chi connectivity index (χ1v) is 8.67. The van der Waals surface area contributed by atoms with Crippen molar-refractivity contribution in [3.8, 4) is 0 Å². The van der Waals surface area contributed by atoms with E-state index in [1.165, 1.54) is 25.9 Å². The molecule has 1 N–H and O–H groups in total. The van der Waals surface area contributed by atoms with E-state index in [1.54, 1.807) is 0 Å². The van der Waals surface area contributed by atoms with Gasteiger partial charge in [-0.25, -0.2) is 0 Å². The van der Waals surface area contributed by atoms with Gasteiger partial charge in [0.05, 0.1) is 0 Å². The normalized spacial score (nSPS) is 28.3. The molecule has 0 aromatic carbocycles. The zero-order valence-corrected chi connectivity index (χ0v) is 13.9. The second-order valence-electron chi connectivity index (χ2n) is 6.72. The molecular weight excluding hydrogens is 240 g/mol. The fourth-order valence-electron chi connectivity index (χ4n) is 2.58. The van der Waals surface area contributed by atoms with Crippen LogP contribution in [0.4, 0.5) is 0 Å². The van der Waals surface area contributed by atoms with E-state index >= 15 is 0 Å². The summed E-state index contributed by atoms with van der Waals surface area (Å²) in [4.78, 5) is 2.72. The molecule has 1 aliphatic rings. The summed E-state index contributed by atoms with van der Waals surface area (Å²) in [6.07, 6.45) is 4.80. The Morgan fingerprint density at radius 3 is 2.56 bits per heavy atom. The largest absolute Gasteiger partial charge is 0.311 e. The van der Waals surface area contributed by atoms with Crippen LogP contribution in [0.3, 0.4) is 0 Å². The van der Waals surface area contributed by atoms with Gasteiger partial charge in [-0.15, -0.1) is 0 Å². The molecule has 3 atom stereocenters. The van der Waals surface area contributed by atoms with Gasteiger partial charge in [0.15, 0.2) is 0 Å². The highest BCUT2D eigenvalue weighted by Gasteiger charge is 2.33. The molecule has 0 radical (unpaired) electrons. The van der Waals surface area contributed by atoms with Crippen molar-refractivity contribution >= 4 is 11.8 Å². The molecule has 2 nitrogen and oxygen atoms in total. The van der Waals surface area contributed by atoms with Gasteiger partial charge in [-0.1, -0.05) is 34.6 Å². The van der Waals surface area contributed by atoms with Crippen LogP contribution >= 0.6 is 11.8 Å². The second kappa shape index (κ2) is 7.16. The fourth-order valence-corrected chi connectivity index (χ4v) is 2.92. The first kappa shape index (κ1) is 16.3. The summed E-state index contributed by atoms with van der Waals surface area (Å²) >= 11 is 1.99. The maximum atomic E-state index is 3.74. The zero-order valence-electron chi connectivity index (χ0n) is 13.1. The van der Waals surface area contributed by atoms with Gasteiger partial charge in [-0.2, -0.15) is 11.8 Å². The molecule has 0 amide bonds. The van der Waals surface area contributed by atoms with Gasteiger partial charge in [0.25, 0.3) is 0 Å². The number of thioether (sulfide) groups is 1. The lowest BCUT2D eigenvalue weighted by molar-refractivity contribution is 0.0828. The molecule has 1 rings (SSSR count). The van der Waals surface area contributed by atoms with Crippen molar-refractivity contribution in [3.05, 3.63) is 0 Å². The van der Waals surface area contributed by atoms with E-state index in [2.05, 4.69) is 51.1 Å². The highest BCUT2D eigenvalue weighted by Crippen LogP contribution is 2.25. The van der Waals surface area contributed by atoms with Gasteiger partial charge in [-0.3, -0.25) is 4.90 Å². The predicted octanol–water partition coefficient (Wildman–Crippen LogP) is 3.23. The average molecular weight is 273 g/mol. The van der Waals surface area contributed by atoms with E-state index in [4.69, 9.17) is 0 Å². The number of hydrogen-bond acceptors (Lipinski definition) is 3. The van der Waals surface area contributed by atoms with Crippen LogP contribution in [0.25, 0.3) is 0 Å². The van der Waals surface area contributed by atoms with E-state index in [-0.39, 0.29) is 0 Å². The number of nitrogens with one attached hydrogen (secondary N) is 1. The van der Waals surface area contributed by atoms with Crippen LogP contribution in [-0.2, 0) is 0 Å². The van der Waals surface area contributed by atoms with Crippen molar-refractivity contribution < 1.29 is 0 Å². The third-order valence-electron chi connectivity index (χ3n) is 4.28. The molecule has 1 saturated heterocycles. The van der Waals surface area contributed by atoms with Crippen LogP contribution in [0, 0.1) is 5.41 Å². The van der Waals surface area contributed by atoms with Crippen molar-refractivity contribution in [3.63, 3.8) is 0 Å². The highest BCUT2D eigenvalue weighted by atomic mass is 32.2. The summed E-state index contributed by atoms with van der Waals surface area (Å²) in [5.74, 6) is 0. The molecule has 3 unspecified atom stereocenters. The molecule has 1 heterocycles. The lowest BCUT2D eigenvalue weighted by atomic mass is 9.84. The van der Waals surface area contributed by atoms with Gasteiger partial charge in [0.1, 0.15) is 0 Å². The summed E-state index contributed by atoms with van der Waals surface area (Å²) in [5.41, 5.74) is 0.363. The average Bonchev–Trinajstić information content (AvgIpc) is 2.34. The summed E-state index contributed by atoms with van der Waals surface area (Å²) in [7, 11) is 0. The molecule has 0 saturated carbocycles. The minimum absolute atomic E-state index is 0.363. The van der Waals surface area contributed by atoms with Crippen molar-refractivity contribution in [2.24, 2.45) is 5.41 Å². The van der Waals surface area contributed by atoms with Crippen molar-refractivity contribution in [1.29, 1.82) is 0 Å². The first-order valence-electron chi connectivity index (χ1n) is 7.38. The number of piperazine rings is 1. The van der Waals surface area contributed by atoms with Crippen LogP contribution in [-0.4, -0.2) is 48.1 Å². The number of rotatable bonds is 5. The highest BCUT2D eigenvalue weighted by molar-refractivity contribution is 7.99. The van der Waals surface area contributed by atoms with Crippen LogP contribution in [0.2, 0.25) is 0 Å². The lowest BCUT2D eigenvalue weighted by Crippen LogP contribution is -2.60. The van der Waals surface area contributed by atoms with Gasteiger partial charge in [0, 0.05) is 30.4 Å². The van der Waals surface area contributed by atoms with Crippen LogP contribution < -0.4 is 5.32 Å². The smallest absolute Gasteiger partial charge is 0.0244 e. The molecule has 1 fully saturated rings. The Hall–Kier alpha value is 0.270. The Morgan fingerprint density at radius 2 is 2.06 bits per heavy atom. The molecule has 0 aromatic rings. The van der Waals surface area contributed by atoms with E-state index < -0.39 is 0 Å². The third-order valence-corrected chi connectivity index (χ3v) is 5.32. The third kappa shape index (κ3) is 4.75. The Morgan fingerprint density at radius 1 is 1.39 bits per heavy atom. The Balaban J connectivity index is 2.54. The fraction of sp³-hybridized carbons (Fsp3) is 1.00. The van der Waals surface area contributed by atoms with Gasteiger partial charge < -0.3 is 5.32 Å². The molecule has 0 aliphatic carbocycles. The SMILES string of the molecule is CCC1CNC(C(C)(C)C)CN1CCC(C)SC. The quantitative estimate of drug-likeness (QED) is 0.827. The molecule has 3 heteroatoms. The van der Waals surface area contributed by atoms with E-state index in [0.29, 0.717) is 11.5 Å². The van der Waals surface area contributed by atoms with E-state index in [1.807, 2.05) is 11.8 Å². The second-order valence-corrected chi connectivity index (χ2v) is 8.00. The maximum Gasteiger partial charge on any atom is 0.0244 e. The first-order chi connectivity index (χ1) is 8.38. The monoisotopic (exact) mass is 272 g/mol. The molecule has 108 valence electrons. The van der Waals surface area contributed by atoms with Crippen LogP contribution in [0.1, 0.15) is 47.5 Å². The number of nitrogens with zero attached hydrogens (tertiary/aromatic N) is 1. The van der Waals surface area contributed by atoms with Crippen LogP contribution in [0.5, 0.6) is 0 Å². The maximum absolute atomic E-state index is 3.74. The van der Waals surface area contributed by atoms with Crippen molar-refractivity contribution in [2.75, 3.05) is 25.9 Å². The van der Waals surface area contributed by atoms with E-state index in [0.717, 1.165) is 17.8 Å². The number of hydrogen-bond donors (Lipinski definition) is 1. The molecule has 1 aliphatic heterocycles. The van der Waals surface area contributed by atoms with Crippen molar-refractivity contribution in [1.82, 2.24) is 10.2 Å². The summed E-state index contributed by atoms with van der Waals surface area (Å²) in [6, 6.07) is 1.36. The minimum atomic E-state index is 0.363. The minimum Gasteiger partial charge on any atom is -0.311 e. The lowest BCUT2D eigenvalue weighted by Gasteiger charge is -2.45. The Labute approximate surface area is 118 Å². The molecule has 0 bridgehead atoms. The van der Waals surface area contributed by atoms with E-state index in [9.17, 15) is 0 Å². The summed E-state index contributed by atoms with van der Waals surface area (Å²) < 4.78 is 0. The van der Waals surface area contributed by atoms with Gasteiger partial charge >= 0.3 is 0 Å². The predicted molar refractivity (Wildman–Crippen MR) is 84.5 cm³/mol. The van der Waals surface area contributed by atoms with Gasteiger partial charge in [0.2, 0.25) is 0 Å². The van der Waals surface area contributed by atoms with Gasteiger partial charge in [-0.05, 0) is 31.1 Å². The molecule has 18 heavy (non-hydrogen) atoms. The standard InChI is InChI=1S/C15H32N2S/c1-7-13-10-16-14(15(3,4)5)11-17(13)9-8-12(2)18-6/h12-14,16H,7-11H2,1-6H3. The molecular formula is C15H32N2S. The topological polar surface area (TPSA) is 15.3 Å². The summed E-state index contributed by atoms with van der Waals surface area (Å²) in [6.45, 7) is 15.3. The van der Waals surface area contributed by atoms with Crippen LogP contribution in [0.15, 0.2) is 0 Å². The Bertz CT molecular complexity index is 237. The zero-order chi connectivity index (χ0) is 13.8. The van der Waals surface area contributed by atoms with Crippen molar-refractivity contribution in [2.45, 2.75) is 64.8 Å².